The highest BCUT2D eigenvalue weighted by atomic mass is 35.5. The summed E-state index contributed by atoms with van der Waals surface area (Å²) >= 11 is 5.56. The van der Waals surface area contributed by atoms with E-state index < -0.39 is 11.7 Å². The normalized spacial score (nSPS) is 13.0. The molecule has 78 valence electrons. The van der Waals surface area contributed by atoms with Crippen LogP contribution in [-0.2, 0) is 5.79 Å². The smallest absolute Gasteiger partial charge is 0.281 e. The lowest BCUT2D eigenvalue weighted by atomic mass is 10.0. The Hall–Kier alpha value is -0.690. The summed E-state index contributed by atoms with van der Waals surface area (Å²) in [7, 11) is 0. The van der Waals surface area contributed by atoms with Crippen LogP contribution in [0.2, 0.25) is 5.02 Å². The van der Waals surface area contributed by atoms with Crippen LogP contribution in [0.3, 0.4) is 0 Å². The topological polar surface area (TPSA) is 107 Å². The summed E-state index contributed by atoms with van der Waals surface area (Å²) in [4.78, 5) is 0. The van der Waals surface area contributed by atoms with Crippen molar-refractivity contribution < 1.29 is 20.4 Å². The summed E-state index contributed by atoms with van der Waals surface area (Å²) in [5.41, 5.74) is 4.59. The highest BCUT2D eigenvalue weighted by molar-refractivity contribution is 6.30. The number of halogens is 1. The second-order valence-corrected chi connectivity index (χ2v) is 3.34. The van der Waals surface area contributed by atoms with Crippen LogP contribution in [0.5, 0.6) is 0 Å². The summed E-state index contributed by atoms with van der Waals surface area (Å²) in [6.07, 6.45) is 0. The SMILES string of the molecule is NC(O)(O)C(O)(O)c1ccc(Cl)cc1. The minimum atomic E-state index is -3.14. The molecular formula is C8H10ClNO4. The summed E-state index contributed by atoms with van der Waals surface area (Å²) in [6.45, 7) is 0. The average molecular weight is 220 g/mol. The summed E-state index contributed by atoms with van der Waals surface area (Å²) in [5, 5.41) is 36.7. The van der Waals surface area contributed by atoms with Gasteiger partial charge in [-0.25, -0.2) is 0 Å². The maximum Gasteiger partial charge on any atom is 0.281 e. The van der Waals surface area contributed by atoms with Crippen molar-refractivity contribution in [3.05, 3.63) is 34.9 Å². The fraction of sp³-hybridized carbons (Fsp3) is 0.250. The van der Waals surface area contributed by atoms with E-state index >= 15 is 0 Å². The number of rotatable bonds is 2. The van der Waals surface area contributed by atoms with Gasteiger partial charge in [-0.05, 0) is 12.1 Å². The molecule has 6 N–H and O–H groups in total. The van der Waals surface area contributed by atoms with Crippen molar-refractivity contribution in [3.63, 3.8) is 0 Å². The van der Waals surface area contributed by atoms with Crippen LogP contribution >= 0.6 is 11.6 Å². The standard InChI is InChI=1S/C8H10ClNO4/c9-6-3-1-5(2-4-6)7(11,12)8(10,13)14/h1-4,11-14H,10H2. The first-order valence-corrected chi connectivity index (χ1v) is 4.07. The summed E-state index contributed by atoms with van der Waals surface area (Å²) in [5.74, 6) is -6.08. The minimum absolute atomic E-state index is 0.172. The van der Waals surface area contributed by atoms with Gasteiger partial charge < -0.3 is 20.4 Å². The van der Waals surface area contributed by atoms with Crippen molar-refractivity contribution >= 4 is 11.6 Å². The molecule has 0 amide bonds. The highest BCUT2D eigenvalue weighted by Crippen LogP contribution is 2.26. The fourth-order valence-corrected chi connectivity index (χ4v) is 1.02. The molecule has 0 saturated heterocycles. The van der Waals surface area contributed by atoms with Crippen LogP contribution in [0.4, 0.5) is 0 Å². The molecule has 0 heterocycles. The van der Waals surface area contributed by atoms with E-state index in [0.29, 0.717) is 5.02 Å². The molecule has 1 aromatic rings. The van der Waals surface area contributed by atoms with Crippen molar-refractivity contribution in [2.24, 2.45) is 5.73 Å². The molecule has 14 heavy (non-hydrogen) atoms. The first-order chi connectivity index (χ1) is 6.25. The number of nitrogens with two attached hydrogens (primary N) is 1. The van der Waals surface area contributed by atoms with Gasteiger partial charge in [-0.1, -0.05) is 23.7 Å². The van der Waals surface area contributed by atoms with Gasteiger partial charge in [0.1, 0.15) is 0 Å². The van der Waals surface area contributed by atoms with Gasteiger partial charge in [0.2, 0.25) is 0 Å². The molecule has 0 aliphatic carbocycles. The van der Waals surface area contributed by atoms with Gasteiger partial charge in [0.15, 0.2) is 0 Å². The monoisotopic (exact) mass is 219 g/mol. The molecule has 0 unspecified atom stereocenters. The third kappa shape index (κ3) is 2.03. The zero-order chi connectivity index (χ0) is 11.0. The first kappa shape index (κ1) is 11.4. The Labute approximate surface area is 85.0 Å². The molecule has 0 radical (unpaired) electrons. The van der Waals surface area contributed by atoms with E-state index in [2.05, 4.69) is 0 Å². The summed E-state index contributed by atoms with van der Waals surface area (Å²) in [6, 6.07) is 5.17. The van der Waals surface area contributed by atoms with Crippen molar-refractivity contribution in [2.75, 3.05) is 0 Å². The van der Waals surface area contributed by atoms with Gasteiger partial charge >= 0.3 is 0 Å². The van der Waals surface area contributed by atoms with Gasteiger partial charge in [-0.15, -0.1) is 0 Å². The molecule has 0 bridgehead atoms. The van der Waals surface area contributed by atoms with Gasteiger partial charge in [0.25, 0.3) is 11.7 Å². The molecule has 0 aliphatic rings. The number of benzene rings is 1. The number of hydrogen-bond acceptors (Lipinski definition) is 5. The quantitative estimate of drug-likeness (QED) is 0.414. The third-order valence-corrected chi connectivity index (χ3v) is 2.01. The minimum Gasteiger partial charge on any atom is -0.357 e. The van der Waals surface area contributed by atoms with E-state index in [1.807, 2.05) is 0 Å². The lowest BCUT2D eigenvalue weighted by Crippen LogP contribution is -2.58. The maximum absolute atomic E-state index is 9.30. The molecule has 0 fully saturated rings. The van der Waals surface area contributed by atoms with Crippen molar-refractivity contribution in [3.8, 4) is 0 Å². The number of hydrogen-bond donors (Lipinski definition) is 5. The van der Waals surface area contributed by atoms with Crippen LogP contribution in [0.25, 0.3) is 0 Å². The van der Waals surface area contributed by atoms with Crippen LogP contribution in [0.1, 0.15) is 5.56 Å². The van der Waals surface area contributed by atoms with Crippen LogP contribution in [0.15, 0.2) is 24.3 Å². The molecule has 5 nitrogen and oxygen atoms in total. The second-order valence-electron chi connectivity index (χ2n) is 2.91. The third-order valence-electron chi connectivity index (χ3n) is 1.76. The molecule has 0 aliphatic heterocycles. The molecular weight excluding hydrogens is 210 g/mol. The predicted molar refractivity (Wildman–Crippen MR) is 48.9 cm³/mol. The zero-order valence-corrected chi connectivity index (χ0v) is 7.81. The van der Waals surface area contributed by atoms with Crippen molar-refractivity contribution in [1.29, 1.82) is 0 Å². The molecule has 0 atom stereocenters. The van der Waals surface area contributed by atoms with Crippen LogP contribution in [-0.4, -0.2) is 26.3 Å². The van der Waals surface area contributed by atoms with E-state index in [9.17, 15) is 10.2 Å². The van der Waals surface area contributed by atoms with Crippen molar-refractivity contribution in [2.45, 2.75) is 11.7 Å². The van der Waals surface area contributed by atoms with E-state index in [4.69, 9.17) is 27.5 Å². The molecule has 0 aromatic heterocycles. The zero-order valence-electron chi connectivity index (χ0n) is 7.05. The first-order valence-electron chi connectivity index (χ1n) is 3.69. The van der Waals surface area contributed by atoms with E-state index in [-0.39, 0.29) is 5.56 Å². The summed E-state index contributed by atoms with van der Waals surface area (Å²) < 4.78 is 0. The Kier molecular flexibility index (Phi) is 2.82. The van der Waals surface area contributed by atoms with Crippen LogP contribution in [0, 0.1) is 0 Å². The van der Waals surface area contributed by atoms with Gasteiger partial charge in [0, 0.05) is 10.6 Å². The lowest BCUT2D eigenvalue weighted by molar-refractivity contribution is -0.363. The van der Waals surface area contributed by atoms with E-state index in [1.54, 1.807) is 0 Å². The average Bonchev–Trinajstić information content (AvgIpc) is 2.03. The second kappa shape index (κ2) is 3.47. The Balaban J connectivity index is 3.10. The highest BCUT2D eigenvalue weighted by Gasteiger charge is 2.45. The largest absolute Gasteiger partial charge is 0.357 e. The Morgan fingerprint density at radius 1 is 1.00 bits per heavy atom. The van der Waals surface area contributed by atoms with E-state index in [0.717, 1.165) is 0 Å². The van der Waals surface area contributed by atoms with Crippen LogP contribution < -0.4 is 5.73 Å². The molecule has 1 aromatic carbocycles. The van der Waals surface area contributed by atoms with E-state index in [1.165, 1.54) is 24.3 Å². The van der Waals surface area contributed by atoms with Gasteiger partial charge in [0.05, 0.1) is 0 Å². The lowest BCUT2D eigenvalue weighted by Gasteiger charge is -2.31. The number of aliphatic hydroxyl groups is 4. The Bertz CT molecular complexity index is 317. The molecule has 0 spiro atoms. The molecule has 6 heteroatoms. The maximum atomic E-state index is 9.30. The van der Waals surface area contributed by atoms with Gasteiger partial charge in [-0.2, -0.15) is 0 Å². The Morgan fingerprint density at radius 3 is 1.79 bits per heavy atom. The fourth-order valence-electron chi connectivity index (χ4n) is 0.895. The predicted octanol–water partition coefficient (Wildman–Crippen LogP) is -0.925. The van der Waals surface area contributed by atoms with Crippen molar-refractivity contribution in [1.82, 2.24) is 0 Å². The molecule has 1 rings (SSSR count). The van der Waals surface area contributed by atoms with Gasteiger partial charge in [-0.3, -0.25) is 5.73 Å². The molecule has 0 saturated carbocycles. The Morgan fingerprint density at radius 2 is 1.43 bits per heavy atom.